The molecule has 0 saturated carbocycles. The molecular formula is C11H13F3O3. The van der Waals surface area contributed by atoms with Crippen LogP contribution < -0.4 is 4.74 Å². The summed E-state index contributed by atoms with van der Waals surface area (Å²) in [5.74, 6) is -0.519. The molecule has 17 heavy (non-hydrogen) atoms. The van der Waals surface area contributed by atoms with Crippen molar-refractivity contribution in [3.05, 3.63) is 29.8 Å². The summed E-state index contributed by atoms with van der Waals surface area (Å²) >= 11 is 0. The third kappa shape index (κ3) is 3.90. The highest BCUT2D eigenvalue weighted by Crippen LogP contribution is 2.34. The first-order chi connectivity index (χ1) is 7.61. The predicted molar refractivity (Wildman–Crippen MR) is 54.4 cm³/mol. The molecule has 0 spiro atoms. The molecule has 3 nitrogen and oxygen atoms in total. The van der Waals surface area contributed by atoms with E-state index in [-0.39, 0.29) is 5.56 Å². The number of para-hydroxylation sites is 1. The lowest BCUT2D eigenvalue weighted by molar-refractivity contribution is -0.275. The van der Waals surface area contributed by atoms with E-state index in [9.17, 15) is 23.4 Å². The summed E-state index contributed by atoms with van der Waals surface area (Å²) < 4.78 is 40.1. The lowest BCUT2D eigenvalue weighted by atomic mass is 9.94. The molecule has 0 aromatic heterocycles. The summed E-state index contributed by atoms with van der Waals surface area (Å²) in [5.41, 5.74) is -1.68. The van der Waals surface area contributed by atoms with Gasteiger partial charge in [-0.05, 0) is 19.9 Å². The maximum absolute atomic E-state index is 12.1. The lowest BCUT2D eigenvalue weighted by Gasteiger charge is -2.26. The molecule has 0 radical (unpaired) electrons. The van der Waals surface area contributed by atoms with E-state index in [0.717, 1.165) is 6.07 Å². The summed E-state index contributed by atoms with van der Waals surface area (Å²) in [6, 6.07) is 5.15. The maximum Gasteiger partial charge on any atom is 0.573 e. The highest BCUT2D eigenvalue weighted by atomic mass is 19.4. The molecule has 1 aromatic rings. The van der Waals surface area contributed by atoms with Crippen LogP contribution in [0.3, 0.4) is 0 Å². The van der Waals surface area contributed by atoms with Gasteiger partial charge in [-0.3, -0.25) is 0 Å². The molecule has 96 valence electrons. The minimum Gasteiger partial charge on any atom is -0.405 e. The van der Waals surface area contributed by atoms with E-state index in [0.29, 0.717) is 0 Å². The minimum absolute atomic E-state index is 0.114. The van der Waals surface area contributed by atoms with Crippen molar-refractivity contribution in [3.8, 4) is 5.75 Å². The van der Waals surface area contributed by atoms with Gasteiger partial charge in [0, 0.05) is 5.56 Å². The van der Waals surface area contributed by atoms with Gasteiger partial charge < -0.3 is 14.9 Å². The van der Waals surface area contributed by atoms with E-state index >= 15 is 0 Å². The van der Waals surface area contributed by atoms with Crippen molar-refractivity contribution < 1.29 is 28.1 Å². The fourth-order valence-electron chi connectivity index (χ4n) is 1.30. The second kappa shape index (κ2) is 4.54. The van der Waals surface area contributed by atoms with Gasteiger partial charge in [-0.25, -0.2) is 0 Å². The number of rotatable bonds is 3. The fraction of sp³-hybridized carbons (Fsp3) is 0.455. The van der Waals surface area contributed by atoms with Gasteiger partial charge in [0.2, 0.25) is 0 Å². The van der Waals surface area contributed by atoms with Gasteiger partial charge in [0.15, 0.2) is 0 Å². The summed E-state index contributed by atoms with van der Waals surface area (Å²) in [6.07, 6.45) is -6.31. The number of hydrogen-bond donors (Lipinski definition) is 2. The summed E-state index contributed by atoms with van der Waals surface area (Å²) in [7, 11) is 0. The number of alkyl halides is 3. The van der Waals surface area contributed by atoms with Gasteiger partial charge in [-0.2, -0.15) is 0 Å². The number of hydrogen-bond acceptors (Lipinski definition) is 3. The Morgan fingerprint density at radius 2 is 1.71 bits per heavy atom. The smallest absolute Gasteiger partial charge is 0.405 e. The van der Waals surface area contributed by atoms with Crippen molar-refractivity contribution in [1.82, 2.24) is 0 Å². The first kappa shape index (κ1) is 13.8. The van der Waals surface area contributed by atoms with E-state index in [2.05, 4.69) is 4.74 Å². The first-order valence-electron chi connectivity index (χ1n) is 4.86. The molecule has 0 bridgehead atoms. The van der Waals surface area contributed by atoms with Gasteiger partial charge >= 0.3 is 6.36 Å². The number of benzene rings is 1. The van der Waals surface area contributed by atoms with Crippen LogP contribution in [0.2, 0.25) is 0 Å². The third-order valence-electron chi connectivity index (χ3n) is 2.11. The van der Waals surface area contributed by atoms with Gasteiger partial charge in [-0.1, -0.05) is 18.2 Å². The predicted octanol–water partition coefficient (Wildman–Crippen LogP) is 2.39. The maximum atomic E-state index is 12.1. The van der Waals surface area contributed by atoms with E-state index in [1.54, 1.807) is 0 Å². The standard InChI is InChI=1S/C11H13F3O3/c1-10(2,16)9(15)7-5-3-4-6-8(7)17-11(12,13)14/h3-6,9,15-16H,1-2H3. The molecule has 0 fully saturated rings. The van der Waals surface area contributed by atoms with Gasteiger partial charge in [-0.15, -0.1) is 13.2 Å². The average Bonchev–Trinajstić information content (AvgIpc) is 2.13. The van der Waals surface area contributed by atoms with Crippen molar-refractivity contribution in [2.24, 2.45) is 0 Å². The van der Waals surface area contributed by atoms with Crippen LogP contribution >= 0.6 is 0 Å². The Kier molecular flexibility index (Phi) is 3.68. The monoisotopic (exact) mass is 250 g/mol. The molecule has 6 heteroatoms. The van der Waals surface area contributed by atoms with Crippen LogP contribution in [0.15, 0.2) is 24.3 Å². The molecule has 0 aliphatic heterocycles. The van der Waals surface area contributed by atoms with Crippen LogP contribution in [-0.4, -0.2) is 22.2 Å². The second-order valence-electron chi connectivity index (χ2n) is 4.14. The normalized spacial score (nSPS) is 14.5. The van der Waals surface area contributed by atoms with Crippen molar-refractivity contribution in [2.75, 3.05) is 0 Å². The highest BCUT2D eigenvalue weighted by molar-refractivity contribution is 5.36. The van der Waals surface area contributed by atoms with Gasteiger partial charge in [0.05, 0.1) is 5.60 Å². The van der Waals surface area contributed by atoms with Crippen LogP contribution in [0.4, 0.5) is 13.2 Å². The molecule has 0 amide bonds. The molecule has 0 heterocycles. The third-order valence-corrected chi connectivity index (χ3v) is 2.11. The van der Waals surface area contributed by atoms with E-state index in [1.165, 1.54) is 32.0 Å². The van der Waals surface area contributed by atoms with Crippen LogP contribution in [0, 0.1) is 0 Å². The molecule has 1 atom stereocenters. The summed E-state index contributed by atoms with van der Waals surface area (Å²) in [4.78, 5) is 0. The number of aliphatic hydroxyl groups excluding tert-OH is 1. The second-order valence-corrected chi connectivity index (χ2v) is 4.14. The summed E-state index contributed by atoms with van der Waals surface area (Å²) in [5, 5.41) is 19.3. The number of halogens is 3. The zero-order valence-corrected chi connectivity index (χ0v) is 9.32. The van der Waals surface area contributed by atoms with E-state index < -0.39 is 23.8 Å². The van der Waals surface area contributed by atoms with Crippen LogP contribution in [0.25, 0.3) is 0 Å². The van der Waals surface area contributed by atoms with Crippen molar-refractivity contribution in [1.29, 1.82) is 0 Å². The van der Waals surface area contributed by atoms with Crippen molar-refractivity contribution in [2.45, 2.75) is 31.9 Å². The Bertz CT molecular complexity index is 382. The quantitative estimate of drug-likeness (QED) is 0.866. The Balaban J connectivity index is 3.08. The van der Waals surface area contributed by atoms with Crippen LogP contribution in [-0.2, 0) is 0 Å². The van der Waals surface area contributed by atoms with Gasteiger partial charge in [0.25, 0.3) is 0 Å². The molecule has 0 aliphatic rings. The zero-order valence-electron chi connectivity index (χ0n) is 9.32. The van der Waals surface area contributed by atoms with Crippen molar-refractivity contribution in [3.63, 3.8) is 0 Å². The number of ether oxygens (including phenoxy) is 1. The Labute approximate surface area is 96.5 Å². The molecule has 0 aliphatic carbocycles. The van der Waals surface area contributed by atoms with Crippen LogP contribution in [0.1, 0.15) is 25.5 Å². The van der Waals surface area contributed by atoms with E-state index in [4.69, 9.17) is 0 Å². The first-order valence-corrected chi connectivity index (χ1v) is 4.86. The molecule has 1 aromatic carbocycles. The molecule has 1 rings (SSSR count). The molecule has 1 unspecified atom stereocenters. The SMILES string of the molecule is CC(C)(O)C(O)c1ccccc1OC(F)(F)F. The molecule has 2 N–H and O–H groups in total. The molecular weight excluding hydrogens is 237 g/mol. The zero-order chi connectivity index (χ0) is 13.3. The van der Waals surface area contributed by atoms with Crippen molar-refractivity contribution >= 4 is 0 Å². The average molecular weight is 250 g/mol. The number of aliphatic hydroxyl groups is 2. The Hall–Kier alpha value is -1.27. The summed E-state index contributed by atoms with van der Waals surface area (Å²) in [6.45, 7) is 2.59. The topological polar surface area (TPSA) is 49.7 Å². The highest BCUT2D eigenvalue weighted by Gasteiger charge is 2.35. The largest absolute Gasteiger partial charge is 0.573 e. The Morgan fingerprint density at radius 3 is 2.18 bits per heavy atom. The lowest BCUT2D eigenvalue weighted by Crippen LogP contribution is -2.29. The molecule has 0 saturated heterocycles. The van der Waals surface area contributed by atoms with E-state index in [1.807, 2.05) is 0 Å². The Morgan fingerprint density at radius 1 is 1.18 bits per heavy atom. The van der Waals surface area contributed by atoms with Gasteiger partial charge in [0.1, 0.15) is 11.9 Å². The fourth-order valence-corrected chi connectivity index (χ4v) is 1.30. The van der Waals surface area contributed by atoms with Crippen LogP contribution in [0.5, 0.6) is 5.75 Å². The minimum atomic E-state index is -4.84.